The molecule has 0 aliphatic rings. The molecule has 0 aromatic heterocycles. The first kappa shape index (κ1) is 20.0. The maximum Gasteiger partial charge on any atom is 0.335 e. The minimum Gasteiger partial charge on any atom is -0.506 e. The topological polar surface area (TPSA) is 116 Å². The van der Waals surface area contributed by atoms with E-state index in [0.29, 0.717) is 5.56 Å². The molecule has 0 aliphatic carbocycles. The van der Waals surface area contributed by atoms with Gasteiger partial charge in [-0.25, -0.2) is 4.79 Å². The van der Waals surface area contributed by atoms with E-state index >= 15 is 0 Å². The molecular weight excluding hydrogens is 348 g/mol. The van der Waals surface area contributed by atoms with E-state index in [1.165, 1.54) is 12.1 Å². The number of phenolic OH excluding ortho intramolecular Hbond substituents is 1. The van der Waals surface area contributed by atoms with Gasteiger partial charge in [-0.2, -0.15) is 0 Å². The number of phenols is 1. The van der Waals surface area contributed by atoms with Gasteiger partial charge in [0, 0.05) is 5.56 Å². The fourth-order valence-electron chi connectivity index (χ4n) is 2.35. The largest absolute Gasteiger partial charge is 0.506 e. The third kappa shape index (κ3) is 5.31. The lowest BCUT2D eigenvalue weighted by Crippen LogP contribution is -2.32. The summed E-state index contributed by atoms with van der Waals surface area (Å²) in [5.41, 5.74) is 1.47. The number of aromatic hydroxyl groups is 1. The number of nitrogens with one attached hydrogen (secondary N) is 2. The van der Waals surface area contributed by atoms with Crippen molar-refractivity contribution in [2.24, 2.45) is 0 Å². The van der Waals surface area contributed by atoms with Crippen molar-refractivity contribution in [2.45, 2.75) is 26.2 Å². The van der Waals surface area contributed by atoms with Crippen LogP contribution in [0.3, 0.4) is 0 Å². The van der Waals surface area contributed by atoms with Crippen molar-refractivity contribution < 1.29 is 24.6 Å². The minimum atomic E-state index is -1.19. The Balaban J connectivity index is 1.93. The maximum atomic E-state index is 12.1. The first-order valence-electron chi connectivity index (χ1n) is 8.33. The average Bonchev–Trinajstić information content (AvgIpc) is 2.60. The summed E-state index contributed by atoms with van der Waals surface area (Å²) in [5.74, 6) is -2.50. The second kappa shape index (κ2) is 7.90. The molecule has 0 bridgehead atoms. The fourth-order valence-corrected chi connectivity index (χ4v) is 2.35. The summed E-state index contributed by atoms with van der Waals surface area (Å²) < 4.78 is 0. The first-order chi connectivity index (χ1) is 12.6. The summed E-state index contributed by atoms with van der Waals surface area (Å²) in [6, 6.07) is 10.7. The Kier molecular flexibility index (Phi) is 5.85. The number of rotatable bonds is 5. The fraction of sp³-hybridized carbons (Fsp3) is 0.250. The van der Waals surface area contributed by atoms with E-state index in [0.717, 1.165) is 11.6 Å². The number of hydrogen-bond acceptors (Lipinski definition) is 4. The molecule has 142 valence electrons. The van der Waals surface area contributed by atoms with Gasteiger partial charge in [-0.05, 0) is 41.3 Å². The predicted molar refractivity (Wildman–Crippen MR) is 101 cm³/mol. The summed E-state index contributed by atoms with van der Waals surface area (Å²) in [4.78, 5) is 34.9. The minimum absolute atomic E-state index is 0.0208. The molecule has 0 unspecified atom stereocenters. The lowest BCUT2D eigenvalue weighted by atomic mass is 9.87. The lowest BCUT2D eigenvalue weighted by molar-refractivity contribution is -0.115. The molecule has 0 atom stereocenters. The zero-order valence-corrected chi connectivity index (χ0v) is 15.4. The number of amides is 2. The highest BCUT2D eigenvalue weighted by Crippen LogP contribution is 2.24. The van der Waals surface area contributed by atoms with Crippen LogP contribution in [0.15, 0.2) is 42.5 Å². The lowest BCUT2D eigenvalue weighted by Gasteiger charge is -2.19. The van der Waals surface area contributed by atoms with Gasteiger partial charge in [-0.1, -0.05) is 32.9 Å². The number of carbonyl (C=O) groups excluding carboxylic acids is 2. The summed E-state index contributed by atoms with van der Waals surface area (Å²) in [7, 11) is 0. The van der Waals surface area contributed by atoms with E-state index in [4.69, 9.17) is 5.11 Å². The SMILES string of the molecule is CC(C)(C)c1ccc(C(=O)NCC(=O)Nc2ccc(C(=O)O)cc2O)cc1. The Morgan fingerprint density at radius 1 is 0.963 bits per heavy atom. The van der Waals surface area contributed by atoms with E-state index in [2.05, 4.69) is 31.4 Å². The van der Waals surface area contributed by atoms with Gasteiger partial charge in [0.25, 0.3) is 5.91 Å². The normalized spacial score (nSPS) is 10.9. The molecule has 0 radical (unpaired) electrons. The van der Waals surface area contributed by atoms with E-state index in [-0.39, 0.29) is 29.0 Å². The van der Waals surface area contributed by atoms with E-state index < -0.39 is 17.8 Å². The van der Waals surface area contributed by atoms with Crippen LogP contribution in [0.5, 0.6) is 5.75 Å². The Bertz CT molecular complexity index is 867. The van der Waals surface area contributed by atoms with Crippen LogP contribution in [-0.2, 0) is 10.2 Å². The summed E-state index contributed by atoms with van der Waals surface area (Å²) in [6.45, 7) is 5.93. The molecule has 0 fully saturated rings. The zero-order valence-electron chi connectivity index (χ0n) is 15.4. The van der Waals surface area contributed by atoms with Crippen LogP contribution in [0.25, 0.3) is 0 Å². The van der Waals surface area contributed by atoms with Gasteiger partial charge in [-0.3, -0.25) is 9.59 Å². The number of carboxylic acid groups (broad SMARTS) is 1. The molecule has 0 saturated heterocycles. The third-order valence-corrected chi connectivity index (χ3v) is 3.94. The number of hydrogen-bond donors (Lipinski definition) is 4. The van der Waals surface area contributed by atoms with Crippen molar-refractivity contribution in [2.75, 3.05) is 11.9 Å². The first-order valence-corrected chi connectivity index (χ1v) is 8.33. The Morgan fingerprint density at radius 2 is 1.56 bits per heavy atom. The number of carbonyl (C=O) groups is 3. The molecule has 0 saturated carbocycles. The molecule has 2 rings (SSSR count). The monoisotopic (exact) mass is 370 g/mol. The number of anilines is 1. The Hall–Kier alpha value is -3.35. The highest BCUT2D eigenvalue weighted by molar-refractivity contribution is 6.00. The molecule has 0 spiro atoms. The summed E-state index contributed by atoms with van der Waals surface area (Å²) >= 11 is 0. The van der Waals surface area contributed by atoms with Crippen molar-refractivity contribution in [3.05, 3.63) is 59.2 Å². The zero-order chi connectivity index (χ0) is 20.2. The molecule has 2 amide bonds. The van der Waals surface area contributed by atoms with Gasteiger partial charge in [-0.15, -0.1) is 0 Å². The molecule has 2 aromatic rings. The van der Waals surface area contributed by atoms with Gasteiger partial charge >= 0.3 is 5.97 Å². The molecule has 2 aromatic carbocycles. The van der Waals surface area contributed by atoms with Crippen LogP contribution < -0.4 is 10.6 Å². The summed E-state index contributed by atoms with van der Waals surface area (Å²) in [6.07, 6.45) is 0. The second-order valence-corrected chi connectivity index (χ2v) is 7.10. The van der Waals surface area contributed by atoms with Gasteiger partial charge in [0.1, 0.15) is 5.75 Å². The van der Waals surface area contributed by atoms with Gasteiger partial charge < -0.3 is 20.8 Å². The number of carboxylic acids is 1. The average molecular weight is 370 g/mol. The molecule has 27 heavy (non-hydrogen) atoms. The summed E-state index contributed by atoms with van der Waals surface area (Å²) in [5, 5.41) is 23.5. The highest BCUT2D eigenvalue weighted by atomic mass is 16.4. The van der Waals surface area contributed by atoms with Gasteiger partial charge in [0.05, 0.1) is 17.8 Å². The van der Waals surface area contributed by atoms with E-state index in [1.807, 2.05) is 12.1 Å². The molecule has 7 heteroatoms. The van der Waals surface area contributed by atoms with E-state index in [9.17, 15) is 19.5 Å². The van der Waals surface area contributed by atoms with Crippen LogP contribution >= 0.6 is 0 Å². The predicted octanol–water partition coefficient (Wildman–Crippen LogP) is 2.76. The van der Waals surface area contributed by atoms with Crippen LogP contribution in [0.2, 0.25) is 0 Å². The third-order valence-electron chi connectivity index (χ3n) is 3.94. The van der Waals surface area contributed by atoms with Crippen LogP contribution in [0.1, 0.15) is 47.1 Å². The Morgan fingerprint density at radius 3 is 2.07 bits per heavy atom. The second-order valence-electron chi connectivity index (χ2n) is 7.10. The number of aromatic carboxylic acids is 1. The van der Waals surface area contributed by atoms with Gasteiger partial charge in [0.15, 0.2) is 0 Å². The smallest absolute Gasteiger partial charge is 0.335 e. The van der Waals surface area contributed by atoms with Crippen molar-refractivity contribution >= 4 is 23.5 Å². The highest BCUT2D eigenvalue weighted by Gasteiger charge is 2.15. The molecule has 0 heterocycles. The standard InChI is InChI=1S/C20H22N2O5/c1-20(2,3)14-7-4-12(5-8-14)18(25)21-11-17(24)22-15-9-6-13(19(26)27)10-16(15)23/h4-10,23H,11H2,1-3H3,(H,21,25)(H,22,24)(H,26,27). The molecular formula is C20H22N2O5. The van der Waals surface area contributed by atoms with Crippen molar-refractivity contribution in [3.8, 4) is 5.75 Å². The molecule has 4 N–H and O–H groups in total. The quantitative estimate of drug-likeness (QED) is 0.604. The molecule has 7 nitrogen and oxygen atoms in total. The van der Waals surface area contributed by atoms with Crippen LogP contribution in [0, 0.1) is 0 Å². The van der Waals surface area contributed by atoms with E-state index in [1.54, 1.807) is 12.1 Å². The Labute approximate surface area is 157 Å². The van der Waals surface area contributed by atoms with Crippen LogP contribution in [0.4, 0.5) is 5.69 Å². The number of benzene rings is 2. The van der Waals surface area contributed by atoms with Crippen molar-refractivity contribution in [1.29, 1.82) is 0 Å². The maximum absolute atomic E-state index is 12.1. The van der Waals surface area contributed by atoms with Crippen LogP contribution in [-0.4, -0.2) is 34.5 Å². The van der Waals surface area contributed by atoms with Crippen molar-refractivity contribution in [1.82, 2.24) is 5.32 Å². The molecule has 0 aliphatic heterocycles. The van der Waals surface area contributed by atoms with Gasteiger partial charge in [0.2, 0.25) is 5.91 Å². The van der Waals surface area contributed by atoms with Crippen molar-refractivity contribution in [3.63, 3.8) is 0 Å².